The zero-order chi connectivity index (χ0) is 21.7. The molecule has 158 valence electrons. The van der Waals surface area contributed by atoms with Crippen molar-refractivity contribution in [3.8, 4) is 0 Å². The van der Waals surface area contributed by atoms with Crippen LogP contribution in [-0.4, -0.2) is 36.4 Å². The van der Waals surface area contributed by atoms with Gasteiger partial charge in [-0.05, 0) is 64.2 Å². The van der Waals surface area contributed by atoms with Gasteiger partial charge in [-0.1, -0.05) is 30.3 Å². The van der Waals surface area contributed by atoms with Gasteiger partial charge in [-0.15, -0.1) is 0 Å². The number of hydrogen-bond donors (Lipinski definition) is 2. The van der Waals surface area contributed by atoms with E-state index in [-0.39, 0.29) is 18.0 Å². The Balaban J connectivity index is 1.79. The lowest BCUT2D eigenvalue weighted by Crippen LogP contribution is -2.18. The van der Waals surface area contributed by atoms with Gasteiger partial charge in [0.15, 0.2) is 0 Å². The molecule has 7 heteroatoms. The maximum Gasteiger partial charge on any atom is 0.348 e. The smallest absolute Gasteiger partial charge is 0.348 e. The first-order valence-corrected chi connectivity index (χ1v) is 10.1. The highest BCUT2D eigenvalue weighted by molar-refractivity contribution is 5.95. The average molecular weight is 409 g/mol. The fraction of sp³-hybridized carbons (Fsp3) is 0.348. The van der Waals surface area contributed by atoms with Crippen LogP contribution in [0.2, 0.25) is 0 Å². The monoisotopic (exact) mass is 408 g/mol. The summed E-state index contributed by atoms with van der Waals surface area (Å²) in [6, 6.07) is 13.5. The lowest BCUT2D eigenvalue weighted by Gasteiger charge is -2.15. The van der Waals surface area contributed by atoms with Crippen LogP contribution in [0, 0.1) is 6.92 Å². The maximum atomic E-state index is 12.7. The van der Waals surface area contributed by atoms with Crippen molar-refractivity contribution in [1.29, 1.82) is 0 Å². The van der Waals surface area contributed by atoms with Gasteiger partial charge in [-0.2, -0.15) is 4.98 Å². The van der Waals surface area contributed by atoms with Crippen molar-refractivity contribution in [2.45, 2.75) is 32.7 Å². The van der Waals surface area contributed by atoms with Crippen molar-refractivity contribution in [2.24, 2.45) is 0 Å². The largest absolute Gasteiger partial charge is 0.389 e. The molecule has 0 unspecified atom stereocenters. The van der Waals surface area contributed by atoms with Gasteiger partial charge in [-0.25, -0.2) is 4.79 Å². The fourth-order valence-corrected chi connectivity index (χ4v) is 3.30. The molecule has 0 bridgehead atoms. The summed E-state index contributed by atoms with van der Waals surface area (Å²) >= 11 is 0. The van der Waals surface area contributed by atoms with Crippen LogP contribution in [0.25, 0.3) is 10.9 Å². The molecule has 3 rings (SSSR count). The van der Waals surface area contributed by atoms with Crippen molar-refractivity contribution < 1.29 is 9.21 Å². The molecule has 0 saturated carbocycles. The van der Waals surface area contributed by atoms with Gasteiger partial charge in [-0.3, -0.25) is 4.79 Å². The summed E-state index contributed by atoms with van der Waals surface area (Å²) in [7, 11) is 3.95. The molecule has 0 saturated heterocycles. The Morgan fingerprint density at radius 2 is 1.90 bits per heavy atom. The van der Waals surface area contributed by atoms with Crippen molar-refractivity contribution in [1.82, 2.24) is 9.88 Å². The SMILES string of the molecule is Cc1c(NC(=O)CCCN(C)C)ccc2nc(N[C@H](C)c3ccccc3)oc(=O)c12. The van der Waals surface area contributed by atoms with Crippen LogP contribution in [0.5, 0.6) is 0 Å². The van der Waals surface area contributed by atoms with Crippen molar-refractivity contribution >= 4 is 28.5 Å². The van der Waals surface area contributed by atoms with Crippen LogP contribution < -0.4 is 16.3 Å². The van der Waals surface area contributed by atoms with Crippen LogP contribution in [0.1, 0.15) is 36.9 Å². The first kappa shape index (κ1) is 21.5. The van der Waals surface area contributed by atoms with Crippen LogP contribution >= 0.6 is 0 Å². The Kier molecular flexibility index (Phi) is 6.84. The summed E-state index contributed by atoms with van der Waals surface area (Å²) in [5.74, 6) is -0.0772. The van der Waals surface area contributed by atoms with E-state index in [9.17, 15) is 9.59 Å². The van der Waals surface area contributed by atoms with Gasteiger partial charge in [0.1, 0.15) is 0 Å². The number of aryl methyl sites for hydroxylation is 1. The molecular weight excluding hydrogens is 380 g/mol. The summed E-state index contributed by atoms with van der Waals surface area (Å²) < 4.78 is 5.42. The predicted octanol–water partition coefficient (Wildman–Crippen LogP) is 3.95. The molecular formula is C23H28N4O3. The second-order valence-electron chi connectivity index (χ2n) is 7.67. The molecule has 1 amide bonds. The fourth-order valence-electron chi connectivity index (χ4n) is 3.30. The third-order valence-corrected chi connectivity index (χ3v) is 4.98. The molecule has 0 fully saturated rings. The molecule has 0 aliphatic carbocycles. The topological polar surface area (TPSA) is 87.5 Å². The first-order valence-electron chi connectivity index (χ1n) is 10.1. The Hall–Kier alpha value is -3.19. The summed E-state index contributed by atoms with van der Waals surface area (Å²) in [6.07, 6.45) is 1.19. The number of hydrogen-bond acceptors (Lipinski definition) is 6. The number of nitrogens with one attached hydrogen (secondary N) is 2. The highest BCUT2D eigenvalue weighted by atomic mass is 16.4. The molecule has 0 radical (unpaired) electrons. The Morgan fingerprint density at radius 1 is 1.17 bits per heavy atom. The standard InChI is InChI=1S/C23H28N4O3/c1-15-18(25-20(28)11-8-14-27(3)4)12-13-19-21(15)22(29)30-23(26-19)24-16(2)17-9-6-5-7-10-17/h5-7,9-10,12-13,16H,8,11,14H2,1-4H3,(H,24,26)(H,25,28)/t16-/m1/s1. The van der Waals surface area contributed by atoms with E-state index in [1.807, 2.05) is 56.3 Å². The molecule has 1 aromatic heterocycles. The number of anilines is 2. The molecule has 2 aromatic carbocycles. The summed E-state index contributed by atoms with van der Waals surface area (Å²) in [4.78, 5) is 31.4. The van der Waals surface area contributed by atoms with E-state index in [2.05, 4.69) is 15.6 Å². The molecule has 7 nitrogen and oxygen atoms in total. The molecule has 0 spiro atoms. The number of benzene rings is 2. The van der Waals surface area contributed by atoms with Gasteiger partial charge < -0.3 is 20.0 Å². The number of aromatic nitrogens is 1. The van der Waals surface area contributed by atoms with Crippen LogP contribution in [-0.2, 0) is 4.79 Å². The lowest BCUT2D eigenvalue weighted by atomic mass is 10.1. The van der Waals surface area contributed by atoms with Gasteiger partial charge in [0, 0.05) is 12.1 Å². The minimum Gasteiger partial charge on any atom is -0.389 e. The maximum absolute atomic E-state index is 12.7. The molecule has 2 N–H and O–H groups in total. The molecule has 1 heterocycles. The Bertz CT molecular complexity index is 1080. The highest BCUT2D eigenvalue weighted by Crippen LogP contribution is 2.24. The van der Waals surface area contributed by atoms with E-state index >= 15 is 0 Å². The van der Waals surface area contributed by atoms with E-state index < -0.39 is 5.63 Å². The minimum atomic E-state index is -0.482. The second kappa shape index (κ2) is 9.54. The quantitative estimate of drug-likeness (QED) is 0.587. The molecule has 1 atom stereocenters. The van der Waals surface area contributed by atoms with Gasteiger partial charge in [0.2, 0.25) is 5.91 Å². The number of amides is 1. The molecule has 0 aliphatic heterocycles. The third kappa shape index (κ3) is 5.24. The van der Waals surface area contributed by atoms with E-state index in [0.717, 1.165) is 18.5 Å². The summed E-state index contributed by atoms with van der Waals surface area (Å²) in [5, 5.41) is 6.40. The highest BCUT2D eigenvalue weighted by Gasteiger charge is 2.15. The zero-order valence-electron chi connectivity index (χ0n) is 17.9. The van der Waals surface area contributed by atoms with Crippen molar-refractivity contribution in [3.05, 3.63) is 64.0 Å². The second-order valence-corrected chi connectivity index (χ2v) is 7.67. The normalized spacial score (nSPS) is 12.2. The van der Waals surface area contributed by atoms with Gasteiger partial charge in [0.05, 0.1) is 16.9 Å². The van der Waals surface area contributed by atoms with Crippen LogP contribution in [0.15, 0.2) is 51.7 Å². The number of carbonyl (C=O) groups is 1. The van der Waals surface area contributed by atoms with Crippen LogP contribution in [0.3, 0.4) is 0 Å². The molecule has 0 aliphatic rings. The average Bonchev–Trinajstić information content (AvgIpc) is 2.70. The Labute approximate surface area is 176 Å². The number of carbonyl (C=O) groups excluding carboxylic acids is 1. The Morgan fingerprint density at radius 3 is 2.60 bits per heavy atom. The third-order valence-electron chi connectivity index (χ3n) is 4.98. The molecule has 3 aromatic rings. The van der Waals surface area contributed by atoms with E-state index in [4.69, 9.17) is 4.42 Å². The molecule has 30 heavy (non-hydrogen) atoms. The number of nitrogens with zero attached hydrogens (tertiary/aromatic N) is 2. The van der Waals surface area contributed by atoms with Crippen LogP contribution in [0.4, 0.5) is 11.7 Å². The van der Waals surface area contributed by atoms with E-state index in [0.29, 0.717) is 28.6 Å². The predicted molar refractivity (Wildman–Crippen MR) is 120 cm³/mol. The van der Waals surface area contributed by atoms with Crippen molar-refractivity contribution in [2.75, 3.05) is 31.3 Å². The van der Waals surface area contributed by atoms with Gasteiger partial charge in [0.25, 0.3) is 6.01 Å². The van der Waals surface area contributed by atoms with E-state index in [1.165, 1.54) is 0 Å². The zero-order valence-corrected chi connectivity index (χ0v) is 17.9. The summed E-state index contributed by atoms with van der Waals surface area (Å²) in [5.41, 5.74) is 2.36. The van der Waals surface area contributed by atoms with E-state index in [1.54, 1.807) is 19.1 Å². The van der Waals surface area contributed by atoms with Gasteiger partial charge >= 0.3 is 5.63 Å². The summed E-state index contributed by atoms with van der Waals surface area (Å²) in [6.45, 7) is 4.60. The lowest BCUT2D eigenvalue weighted by molar-refractivity contribution is -0.116. The minimum absolute atomic E-state index is 0.0684. The number of rotatable bonds is 8. The van der Waals surface area contributed by atoms with Crippen molar-refractivity contribution in [3.63, 3.8) is 0 Å². The first-order chi connectivity index (χ1) is 14.3. The number of fused-ring (bicyclic) bond motifs is 1.